The predicted octanol–water partition coefficient (Wildman–Crippen LogP) is 4.10. The van der Waals surface area contributed by atoms with Gasteiger partial charge in [-0.25, -0.2) is 24.3 Å². The molecule has 0 N–H and O–H groups in total. The van der Waals surface area contributed by atoms with Crippen molar-refractivity contribution in [3.05, 3.63) is 118 Å². The average molecular weight is 478 g/mol. The van der Waals surface area contributed by atoms with Crippen molar-refractivity contribution in [2.45, 2.75) is 34.1 Å². The molecule has 0 nitrogen and oxygen atoms in total. The summed E-state index contributed by atoms with van der Waals surface area (Å²) in [4.78, 5) is 0. The molecule has 1 aliphatic rings. The molecule has 0 amide bonds. The molecule has 0 unspecified atom stereocenters. The van der Waals surface area contributed by atoms with E-state index in [2.05, 4.69) is 88.4 Å². The number of halogens is 1. The minimum Gasteiger partial charge on any atom is -1.00 e. The van der Waals surface area contributed by atoms with Crippen molar-refractivity contribution in [2.24, 2.45) is 0 Å². The maximum atomic E-state index is 3.45. The Bertz CT molecular complexity index is 898. The van der Waals surface area contributed by atoms with Gasteiger partial charge in [-0.05, 0) is 18.9 Å². The van der Waals surface area contributed by atoms with Gasteiger partial charge in [0.15, 0.2) is 0 Å². The molecule has 4 aromatic carbocycles. The third-order valence-electron chi connectivity index (χ3n) is 4.75. The average Bonchev–Trinajstić information content (AvgIpc) is 3.36. The van der Waals surface area contributed by atoms with Crippen LogP contribution in [-0.2, 0) is 32.6 Å². The molecule has 4 aromatic rings. The number of benzene rings is 2. The monoisotopic (exact) mass is 476 g/mol. The molecule has 0 aromatic heterocycles. The maximum absolute atomic E-state index is 3.45. The Morgan fingerprint density at radius 1 is 0.759 bits per heavy atom. The van der Waals surface area contributed by atoms with Crippen LogP contribution in [0.15, 0.2) is 78.9 Å². The SMILES string of the molecule is C[c-]1cccc1.C[c-]1cccc1.Cc1[c-]c2c(cc1)-c1ccc(C)cc1C2.[Cl-].[Zr+4]. The van der Waals surface area contributed by atoms with Crippen LogP contribution < -0.4 is 12.4 Å². The Labute approximate surface area is 201 Å². The minimum atomic E-state index is 0. The van der Waals surface area contributed by atoms with Crippen LogP contribution in [0.4, 0.5) is 0 Å². The van der Waals surface area contributed by atoms with E-state index in [-0.39, 0.29) is 38.6 Å². The molecular weight excluding hydrogens is 451 g/mol. The largest absolute Gasteiger partial charge is 4.00 e. The maximum Gasteiger partial charge on any atom is 4.00 e. The van der Waals surface area contributed by atoms with Crippen LogP contribution in [0.1, 0.15) is 33.4 Å². The first-order valence-electron chi connectivity index (χ1n) is 9.51. The summed E-state index contributed by atoms with van der Waals surface area (Å²) in [5.74, 6) is 0. The molecular formula is C27H27ClZr. The van der Waals surface area contributed by atoms with Crippen LogP contribution >= 0.6 is 0 Å². The predicted molar refractivity (Wildman–Crippen MR) is 117 cm³/mol. The van der Waals surface area contributed by atoms with Gasteiger partial charge in [-0.2, -0.15) is 59.2 Å². The van der Waals surface area contributed by atoms with Crippen molar-refractivity contribution in [1.29, 1.82) is 0 Å². The van der Waals surface area contributed by atoms with Crippen molar-refractivity contribution in [2.75, 3.05) is 0 Å². The number of fused-ring (bicyclic) bond motifs is 3. The summed E-state index contributed by atoms with van der Waals surface area (Å²) in [6, 6.07) is 31.0. The first-order chi connectivity index (χ1) is 13.0. The number of hydrogen-bond acceptors (Lipinski definition) is 0. The van der Waals surface area contributed by atoms with E-state index in [1.165, 1.54) is 44.5 Å². The third-order valence-corrected chi connectivity index (χ3v) is 4.75. The van der Waals surface area contributed by atoms with Gasteiger partial charge in [-0.1, -0.05) is 50.1 Å². The van der Waals surface area contributed by atoms with E-state index in [4.69, 9.17) is 0 Å². The van der Waals surface area contributed by atoms with Gasteiger partial charge in [0.05, 0.1) is 0 Å². The second kappa shape index (κ2) is 12.1. The van der Waals surface area contributed by atoms with Crippen molar-refractivity contribution in [1.82, 2.24) is 0 Å². The Balaban J connectivity index is 0.000000252. The normalized spacial score (nSPS) is 10.1. The van der Waals surface area contributed by atoms with Crippen LogP contribution in [-0.4, -0.2) is 0 Å². The zero-order valence-corrected chi connectivity index (χ0v) is 20.8. The molecule has 0 atom stereocenters. The fourth-order valence-corrected chi connectivity index (χ4v) is 3.31. The van der Waals surface area contributed by atoms with Crippen molar-refractivity contribution in [3.63, 3.8) is 0 Å². The summed E-state index contributed by atoms with van der Waals surface area (Å²) in [5.41, 5.74) is 10.8. The second-order valence-electron chi connectivity index (χ2n) is 7.30. The molecule has 146 valence electrons. The number of hydrogen-bond donors (Lipinski definition) is 0. The zero-order valence-electron chi connectivity index (χ0n) is 17.6. The van der Waals surface area contributed by atoms with Crippen LogP contribution in [0.25, 0.3) is 11.1 Å². The molecule has 0 saturated heterocycles. The van der Waals surface area contributed by atoms with Crippen LogP contribution in [0.2, 0.25) is 0 Å². The Hall–Kier alpha value is -1.69. The molecule has 0 fully saturated rings. The smallest absolute Gasteiger partial charge is 1.00 e. The standard InChI is InChI=1S/C15H13.2C6H7.ClH.Zr/c1-10-3-5-14-12(7-10)9-13-8-11(2)4-6-15(13)14;2*1-6-4-2-3-5-6;;/h3-7H,9H2,1-2H3;2*2-5H,1H3;1H;/q3*-1;;+4/p-1. The Morgan fingerprint density at radius 2 is 1.28 bits per heavy atom. The van der Waals surface area contributed by atoms with Crippen LogP contribution in [0, 0.1) is 33.8 Å². The van der Waals surface area contributed by atoms with Crippen molar-refractivity contribution >= 4 is 0 Å². The Kier molecular flexibility index (Phi) is 10.6. The van der Waals surface area contributed by atoms with E-state index in [0.29, 0.717) is 0 Å². The molecule has 29 heavy (non-hydrogen) atoms. The Morgan fingerprint density at radius 3 is 1.76 bits per heavy atom. The van der Waals surface area contributed by atoms with Gasteiger partial charge >= 0.3 is 26.2 Å². The molecule has 0 saturated carbocycles. The molecule has 5 rings (SSSR count). The van der Waals surface area contributed by atoms with E-state index in [1.54, 1.807) is 0 Å². The summed E-state index contributed by atoms with van der Waals surface area (Å²) in [6.45, 7) is 8.42. The summed E-state index contributed by atoms with van der Waals surface area (Å²) >= 11 is 0. The first kappa shape index (κ1) is 25.3. The van der Waals surface area contributed by atoms with Crippen LogP contribution in [0.3, 0.4) is 0 Å². The molecule has 0 bridgehead atoms. The summed E-state index contributed by atoms with van der Waals surface area (Å²) in [5, 5.41) is 0. The fourth-order valence-electron chi connectivity index (χ4n) is 3.31. The summed E-state index contributed by atoms with van der Waals surface area (Å²) < 4.78 is 0. The van der Waals surface area contributed by atoms with E-state index in [0.717, 1.165) is 6.42 Å². The molecule has 1 aliphatic carbocycles. The van der Waals surface area contributed by atoms with Gasteiger partial charge in [0.2, 0.25) is 0 Å². The molecule has 0 heterocycles. The van der Waals surface area contributed by atoms with Gasteiger partial charge in [0.1, 0.15) is 0 Å². The van der Waals surface area contributed by atoms with Gasteiger partial charge in [-0.3, -0.25) is 0 Å². The van der Waals surface area contributed by atoms with Gasteiger partial charge in [0.25, 0.3) is 0 Å². The van der Waals surface area contributed by atoms with E-state index in [1.807, 2.05) is 24.3 Å². The fraction of sp³-hybridized carbons (Fsp3) is 0.185. The third kappa shape index (κ3) is 7.25. The molecule has 0 radical (unpaired) electrons. The van der Waals surface area contributed by atoms with E-state index < -0.39 is 0 Å². The first-order valence-corrected chi connectivity index (χ1v) is 9.51. The summed E-state index contributed by atoms with van der Waals surface area (Å²) in [6.07, 6.45) is 1.05. The molecule has 0 aliphatic heterocycles. The van der Waals surface area contributed by atoms with E-state index >= 15 is 0 Å². The molecule has 0 spiro atoms. The molecule has 2 heteroatoms. The second-order valence-corrected chi connectivity index (χ2v) is 7.30. The van der Waals surface area contributed by atoms with E-state index in [9.17, 15) is 0 Å². The number of aryl methyl sites for hydroxylation is 4. The quantitative estimate of drug-likeness (QED) is 0.294. The van der Waals surface area contributed by atoms with Gasteiger partial charge in [-0.15, -0.1) is 11.1 Å². The van der Waals surface area contributed by atoms with Crippen LogP contribution in [0.5, 0.6) is 0 Å². The minimum absolute atomic E-state index is 0. The topological polar surface area (TPSA) is 0 Å². The van der Waals surface area contributed by atoms with Crippen molar-refractivity contribution < 1.29 is 38.6 Å². The zero-order chi connectivity index (χ0) is 19.2. The van der Waals surface area contributed by atoms with Gasteiger partial charge < -0.3 is 12.4 Å². The summed E-state index contributed by atoms with van der Waals surface area (Å²) in [7, 11) is 0. The number of rotatable bonds is 0. The van der Waals surface area contributed by atoms with Crippen molar-refractivity contribution in [3.8, 4) is 11.1 Å². The van der Waals surface area contributed by atoms with Gasteiger partial charge in [0, 0.05) is 0 Å².